The maximum absolute atomic E-state index is 6.39. The van der Waals surface area contributed by atoms with E-state index in [9.17, 15) is 0 Å². The lowest BCUT2D eigenvalue weighted by atomic mass is 10.0. The molecule has 12 nitrogen and oxygen atoms in total. The molecule has 0 aliphatic heterocycles. The van der Waals surface area contributed by atoms with Gasteiger partial charge in [0.2, 0.25) is 11.9 Å². The van der Waals surface area contributed by atoms with E-state index >= 15 is 0 Å². The Labute approximate surface area is 843 Å². The molecule has 678 valence electrons. The molecule has 0 bridgehead atoms. The van der Waals surface area contributed by atoms with E-state index in [1.807, 2.05) is 180 Å². The van der Waals surface area contributed by atoms with E-state index in [4.69, 9.17) is 44.3 Å². The van der Waals surface area contributed by atoms with Gasteiger partial charge in [-0.1, -0.05) is 376 Å². The SMILES string of the molecule is c1ccc(-c2nc(-c3ccccc3)nc(-c3cccc(-n4c5ccccc5c5cc(-c6cccc7c6sc6ccccc67)ccc54)c3)n2)cc1.c1ccc(-c2nc(-c3ccccc3)nc(-n3c4ccccc4c4cc(-c5cccc6c5oc5ccccc56)ccc43)n2)cc1.c1ccc2c(c1)sc1c(-c3ccc(-c4ccnc(-n5c6ccccc6c6cc(-c7cccc8c7sc7ccccc78)ccc65)n4)cc3)cccc12. The van der Waals surface area contributed by atoms with Gasteiger partial charge in [0.25, 0.3) is 0 Å². The molecule has 0 spiro atoms. The molecule has 0 radical (unpaired) electrons. The van der Waals surface area contributed by atoms with Gasteiger partial charge >= 0.3 is 0 Å². The molecule has 0 saturated carbocycles. The van der Waals surface area contributed by atoms with Crippen molar-refractivity contribution in [3.8, 4) is 130 Å². The predicted octanol–water partition coefficient (Wildman–Crippen LogP) is 35.2. The highest BCUT2D eigenvalue weighted by Gasteiger charge is 2.26. The molecule has 20 aromatic carbocycles. The van der Waals surface area contributed by atoms with Crippen molar-refractivity contribution in [1.29, 1.82) is 0 Å². The Balaban J connectivity index is 0.000000106. The van der Waals surface area contributed by atoms with Crippen molar-refractivity contribution in [2.75, 3.05) is 0 Å². The molecule has 145 heavy (non-hydrogen) atoms. The van der Waals surface area contributed by atoms with Gasteiger partial charge in [-0.3, -0.25) is 9.13 Å². The molecule has 0 N–H and O–H groups in total. The van der Waals surface area contributed by atoms with E-state index in [1.54, 1.807) is 0 Å². The van der Waals surface area contributed by atoms with Crippen LogP contribution >= 0.6 is 34.0 Å². The Bertz CT molecular complexity index is 10300. The molecular weight excluding hydrogens is 1830 g/mol. The zero-order valence-electron chi connectivity index (χ0n) is 77.7. The van der Waals surface area contributed by atoms with Crippen LogP contribution in [0.15, 0.2) is 484 Å². The van der Waals surface area contributed by atoms with E-state index in [1.165, 1.54) is 115 Å². The standard InChI is InChI=1S/C46H27N3S2.C45H28N4S.C39H24N4O/c1-4-16-40-33(9-1)38-27-30(32-13-8-15-37-35-11-3-6-18-43(35)51-45(32)37)23-24-41(38)49(40)46-47-26-25-39(48-46)29-21-19-28(20-22-29)31-12-7-14-36-34-10-2-5-17-42(34)50-44(31)36;1-3-13-29(14-4-1)43-46-44(30-15-5-2-6-16-30)48-45(47-43)32-17-11-18-33(27-32)49-39-23-9-7-19-35(39)38-28-31(25-26-40(38)49)34-21-12-22-37-36-20-8-10-24-41(36)50-42(34)37;1-3-12-25(13-4-1)37-40-38(26-14-5-2-6-15-26)42-39(41-37)43-33-20-9-7-16-29(33)32-24-27(22-23-34(32)43)28-18-11-19-31-30-17-8-10-21-35(30)44-36(28)31/h1-27H;1-28H;1-24H. The Morgan fingerprint density at radius 2 is 0.510 bits per heavy atom. The number of hydrogen-bond donors (Lipinski definition) is 0. The Morgan fingerprint density at radius 3 is 0.979 bits per heavy atom. The summed E-state index contributed by atoms with van der Waals surface area (Å²) in [6.45, 7) is 0. The van der Waals surface area contributed by atoms with Gasteiger partial charge in [-0.2, -0.15) is 9.97 Å². The number of furan rings is 1. The van der Waals surface area contributed by atoms with Crippen molar-refractivity contribution in [1.82, 2.24) is 53.6 Å². The second-order valence-corrected chi connectivity index (χ2v) is 39.5. The summed E-state index contributed by atoms with van der Waals surface area (Å²) in [5.41, 5.74) is 25.6. The average molecular weight is 1910 g/mol. The van der Waals surface area contributed by atoms with E-state index in [0.717, 1.165) is 122 Å². The second-order valence-electron chi connectivity index (χ2n) is 36.3. The third-order valence-corrected chi connectivity index (χ3v) is 31.5. The molecule has 0 atom stereocenters. The third kappa shape index (κ3) is 14.8. The minimum absolute atomic E-state index is 0.580. The van der Waals surface area contributed by atoms with Crippen LogP contribution in [0.2, 0.25) is 0 Å². The maximum atomic E-state index is 6.39. The molecule has 15 heteroatoms. The number of thiophene rings is 3. The van der Waals surface area contributed by atoms with Crippen molar-refractivity contribution in [2.24, 2.45) is 0 Å². The van der Waals surface area contributed by atoms with Crippen molar-refractivity contribution in [3.05, 3.63) is 479 Å². The van der Waals surface area contributed by atoms with E-state index in [-0.39, 0.29) is 0 Å². The van der Waals surface area contributed by atoms with Crippen molar-refractivity contribution >= 4 is 182 Å². The largest absolute Gasteiger partial charge is 0.455 e. The fourth-order valence-electron chi connectivity index (χ4n) is 21.1. The topological polar surface area (TPSA) is 131 Å². The van der Waals surface area contributed by atoms with Gasteiger partial charge in [0.1, 0.15) is 11.2 Å². The Hall–Kier alpha value is -18.6. The lowest BCUT2D eigenvalue weighted by Gasteiger charge is -2.12. The van der Waals surface area contributed by atoms with Crippen LogP contribution in [0.4, 0.5) is 0 Å². The molecule has 10 aromatic heterocycles. The summed E-state index contributed by atoms with van der Waals surface area (Å²) in [6, 6.07) is 166. The molecule has 0 aliphatic rings. The van der Waals surface area contributed by atoms with Crippen LogP contribution in [-0.4, -0.2) is 53.6 Å². The van der Waals surface area contributed by atoms with Crippen molar-refractivity contribution in [2.45, 2.75) is 0 Å². The molecule has 10 heterocycles. The Morgan fingerprint density at radius 1 is 0.186 bits per heavy atom. The molecule has 0 fully saturated rings. The number of hydrogen-bond acceptors (Lipinski definition) is 12. The molecule has 0 amide bonds. The minimum Gasteiger partial charge on any atom is -0.455 e. The first-order valence-electron chi connectivity index (χ1n) is 48.4. The van der Waals surface area contributed by atoms with E-state index < -0.39 is 0 Å². The number of fused-ring (bicyclic) bond motifs is 21. The summed E-state index contributed by atoms with van der Waals surface area (Å²) in [4.78, 5) is 39.9. The highest BCUT2D eigenvalue weighted by molar-refractivity contribution is 7.27. The summed E-state index contributed by atoms with van der Waals surface area (Å²) in [5.74, 6) is 4.45. The smallest absolute Gasteiger partial charge is 0.238 e. The number of para-hydroxylation sites is 5. The van der Waals surface area contributed by atoms with Gasteiger partial charge in [0, 0.05) is 154 Å². The lowest BCUT2D eigenvalue weighted by molar-refractivity contribution is 0.670. The predicted molar refractivity (Wildman–Crippen MR) is 605 cm³/mol. The number of rotatable bonds is 13. The number of benzene rings is 20. The van der Waals surface area contributed by atoms with E-state index in [2.05, 4.69) is 347 Å². The average Bonchev–Trinajstić information content (AvgIpc) is 1.58. The lowest BCUT2D eigenvalue weighted by Crippen LogP contribution is -2.06. The third-order valence-electron chi connectivity index (χ3n) is 27.9. The summed E-state index contributed by atoms with van der Waals surface area (Å²) in [5, 5.41) is 17.2. The van der Waals surface area contributed by atoms with Crippen LogP contribution in [0.3, 0.4) is 0 Å². The summed E-state index contributed by atoms with van der Waals surface area (Å²) in [7, 11) is 0. The maximum Gasteiger partial charge on any atom is 0.238 e. The molecule has 30 aromatic rings. The quantitative estimate of drug-likeness (QED) is 0.111. The fraction of sp³-hybridized carbons (Fsp3) is 0. The highest BCUT2D eigenvalue weighted by Crippen LogP contribution is 2.48. The van der Waals surface area contributed by atoms with Crippen LogP contribution in [0.1, 0.15) is 0 Å². The van der Waals surface area contributed by atoms with Crippen molar-refractivity contribution < 1.29 is 4.42 Å². The monoisotopic (exact) mass is 1910 g/mol. The van der Waals surface area contributed by atoms with Gasteiger partial charge < -0.3 is 8.98 Å². The molecular formula is C130H79N11OS3. The van der Waals surface area contributed by atoms with Gasteiger partial charge in [-0.05, 0) is 136 Å². The van der Waals surface area contributed by atoms with Gasteiger partial charge in [0.05, 0.1) is 38.8 Å². The normalized spacial score (nSPS) is 11.7. The zero-order valence-corrected chi connectivity index (χ0v) is 80.1. The molecule has 0 saturated heterocycles. The molecule has 0 unspecified atom stereocenters. The first-order valence-corrected chi connectivity index (χ1v) is 50.8. The number of aromatic nitrogens is 11. The fourth-order valence-corrected chi connectivity index (χ4v) is 24.8. The Kier molecular flexibility index (Phi) is 20.6. The van der Waals surface area contributed by atoms with Crippen LogP contribution < -0.4 is 0 Å². The van der Waals surface area contributed by atoms with Crippen molar-refractivity contribution in [3.63, 3.8) is 0 Å². The van der Waals surface area contributed by atoms with Crippen LogP contribution in [-0.2, 0) is 0 Å². The summed E-state index contributed by atoms with van der Waals surface area (Å²) in [6.07, 6.45) is 1.88. The van der Waals surface area contributed by atoms with Crippen LogP contribution in [0.25, 0.3) is 278 Å². The van der Waals surface area contributed by atoms with Gasteiger partial charge in [-0.15, -0.1) is 34.0 Å². The highest BCUT2D eigenvalue weighted by atomic mass is 32.1. The number of nitrogens with zero attached hydrogens (tertiary/aromatic N) is 11. The molecule has 0 aliphatic carbocycles. The second kappa shape index (κ2) is 35.3. The van der Waals surface area contributed by atoms with E-state index in [0.29, 0.717) is 41.0 Å². The van der Waals surface area contributed by atoms with Gasteiger partial charge in [0.15, 0.2) is 29.1 Å². The van der Waals surface area contributed by atoms with Crippen LogP contribution in [0.5, 0.6) is 0 Å². The molecule has 30 rings (SSSR count). The first-order chi connectivity index (χ1) is 71.9. The van der Waals surface area contributed by atoms with Gasteiger partial charge in [-0.25, -0.2) is 29.9 Å². The van der Waals surface area contributed by atoms with Crippen LogP contribution in [0, 0.1) is 0 Å². The summed E-state index contributed by atoms with van der Waals surface area (Å²) >= 11 is 5.60. The zero-order chi connectivity index (χ0) is 95.5. The first kappa shape index (κ1) is 84.4. The minimum atomic E-state index is 0.580. The summed E-state index contributed by atoms with van der Waals surface area (Å²) < 4.78 is 21.0.